The molecule has 5 aliphatic rings. The maximum Gasteiger partial charge on any atom is 0.331 e. The minimum atomic E-state index is -2.07. The molecular weight excluding hydrogens is 444 g/mol. The number of fused-ring (bicyclic) bond motifs is 1. The summed E-state index contributed by atoms with van der Waals surface area (Å²) in [7, 11) is 0. The summed E-state index contributed by atoms with van der Waals surface area (Å²) in [5.41, 5.74) is -1.17. The molecule has 0 aromatic rings. The summed E-state index contributed by atoms with van der Waals surface area (Å²) in [6.45, 7) is 8.55. The zero-order chi connectivity index (χ0) is 25.0. The molecule has 0 amide bonds. The average molecular weight is 477 g/mol. The first-order chi connectivity index (χ1) is 15.8. The van der Waals surface area contributed by atoms with Gasteiger partial charge in [-0.2, -0.15) is 0 Å². The second-order valence-electron chi connectivity index (χ2n) is 11.3. The summed E-state index contributed by atoms with van der Waals surface area (Å²) in [4.78, 5) is 38.5. The van der Waals surface area contributed by atoms with Crippen molar-refractivity contribution in [2.75, 3.05) is 6.61 Å². The Hall–Kier alpha value is -2.07. The Kier molecular flexibility index (Phi) is 5.03. The first-order valence-electron chi connectivity index (χ1n) is 11.8. The van der Waals surface area contributed by atoms with Gasteiger partial charge in [-0.25, -0.2) is 4.79 Å². The van der Waals surface area contributed by atoms with E-state index >= 15 is 0 Å². The summed E-state index contributed by atoms with van der Waals surface area (Å²) >= 11 is 0. The number of hydrogen-bond donors (Lipinski definition) is 3. The van der Waals surface area contributed by atoms with Crippen molar-refractivity contribution in [1.82, 2.24) is 0 Å². The number of aliphatic hydroxyl groups is 3. The van der Waals surface area contributed by atoms with E-state index in [4.69, 9.17) is 14.2 Å². The van der Waals surface area contributed by atoms with Crippen LogP contribution in [0.2, 0.25) is 0 Å². The Morgan fingerprint density at radius 2 is 1.94 bits per heavy atom. The molecule has 2 saturated heterocycles. The fourth-order valence-corrected chi connectivity index (χ4v) is 8.18. The predicted molar refractivity (Wildman–Crippen MR) is 116 cm³/mol. The Labute approximate surface area is 197 Å². The number of allylic oxidation sites excluding steroid dienone is 1. The van der Waals surface area contributed by atoms with Gasteiger partial charge in [0.15, 0.2) is 11.6 Å². The molecule has 1 spiro atoms. The van der Waals surface area contributed by atoms with Crippen molar-refractivity contribution in [3.63, 3.8) is 0 Å². The molecule has 11 atom stereocenters. The van der Waals surface area contributed by atoms with Gasteiger partial charge in [0.1, 0.15) is 24.4 Å². The van der Waals surface area contributed by atoms with E-state index in [2.05, 4.69) is 0 Å². The maximum absolute atomic E-state index is 12.9. The summed E-state index contributed by atoms with van der Waals surface area (Å²) < 4.78 is 17.8. The molecule has 4 fully saturated rings. The van der Waals surface area contributed by atoms with Gasteiger partial charge in [-0.1, -0.05) is 25.0 Å². The molecule has 9 heteroatoms. The molecule has 3 aliphatic carbocycles. The van der Waals surface area contributed by atoms with E-state index in [-0.39, 0.29) is 13.0 Å². The van der Waals surface area contributed by atoms with Crippen LogP contribution in [0.1, 0.15) is 41.0 Å². The van der Waals surface area contributed by atoms with Crippen LogP contribution in [0.15, 0.2) is 23.3 Å². The van der Waals surface area contributed by atoms with Gasteiger partial charge in [-0.3, -0.25) is 9.59 Å². The van der Waals surface area contributed by atoms with Crippen LogP contribution >= 0.6 is 0 Å². The minimum Gasteiger partial charge on any atom is -0.458 e. The van der Waals surface area contributed by atoms with Crippen LogP contribution in [-0.2, 0) is 28.6 Å². The van der Waals surface area contributed by atoms with Gasteiger partial charge >= 0.3 is 11.9 Å². The van der Waals surface area contributed by atoms with Crippen LogP contribution in [0, 0.1) is 34.5 Å². The van der Waals surface area contributed by atoms with Crippen molar-refractivity contribution >= 4 is 17.7 Å². The number of rotatable bonds is 2. The smallest absolute Gasteiger partial charge is 0.331 e. The highest BCUT2D eigenvalue weighted by Crippen LogP contribution is 2.73. The van der Waals surface area contributed by atoms with E-state index in [1.165, 1.54) is 12.2 Å². The van der Waals surface area contributed by atoms with Crippen molar-refractivity contribution in [2.24, 2.45) is 34.5 Å². The molecule has 5 rings (SSSR count). The van der Waals surface area contributed by atoms with Crippen LogP contribution in [0.4, 0.5) is 0 Å². The first-order valence-corrected chi connectivity index (χ1v) is 11.8. The third kappa shape index (κ3) is 2.67. The molecule has 1 unspecified atom stereocenters. The predicted octanol–water partition coefficient (Wildman–Crippen LogP) is 0.654. The highest BCUT2D eigenvalue weighted by Gasteiger charge is 2.84. The molecule has 3 N–H and O–H groups in total. The zero-order valence-electron chi connectivity index (χ0n) is 20.0. The van der Waals surface area contributed by atoms with Gasteiger partial charge in [0.05, 0.1) is 6.61 Å². The Bertz CT molecular complexity index is 1030. The third-order valence-corrected chi connectivity index (χ3v) is 9.22. The monoisotopic (exact) mass is 476 g/mol. The van der Waals surface area contributed by atoms with Gasteiger partial charge in [0.25, 0.3) is 0 Å². The standard InChI is InChI=1S/C25H32O9/c1-10(2)6-15(27)33-18-17-11(3)7-14(26)20(30)23(17,5)22-24-9-32-25(22,31)19(29)12(4)13(24)8-16(28)34-21(18)24/h6-7,12-13,17-22,29-31H,8-9H2,1-5H3/t12-,13+,17-,18-,19-,20-,21-,22-,23-,24?,25+/m1/s1. The number of esters is 2. The highest BCUT2D eigenvalue weighted by molar-refractivity contribution is 5.96. The Balaban J connectivity index is 1.78. The number of ketones is 1. The molecule has 2 aliphatic heterocycles. The van der Waals surface area contributed by atoms with Crippen molar-refractivity contribution in [3.8, 4) is 0 Å². The molecule has 2 bridgehead atoms. The van der Waals surface area contributed by atoms with Crippen LogP contribution in [0.3, 0.4) is 0 Å². The first kappa shape index (κ1) is 23.7. The number of hydrogen-bond acceptors (Lipinski definition) is 9. The van der Waals surface area contributed by atoms with Crippen LogP contribution in [-0.4, -0.2) is 69.9 Å². The zero-order valence-corrected chi connectivity index (χ0v) is 20.0. The molecule has 34 heavy (non-hydrogen) atoms. The van der Waals surface area contributed by atoms with Gasteiger partial charge < -0.3 is 29.5 Å². The molecule has 186 valence electrons. The number of aliphatic hydroxyl groups excluding tert-OH is 2. The van der Waals surface area contributed by atoms with Gasteiger partial charge in [-0.05, 0) is 38.7 Å². The molecule has 0 aromatic heterocycles. The lowest BCUT2D eigenvalue weighted by molar-refractivity contribution is -0.344. The van der Waals surface area contributed by atoms with Crippen LogP contribution in [0.25, 0.3) is 0 Å². The average Bonchev–Trinajstić information content (AvgIpc) is 3.02. The quantitative estimate of drug-likeness (QED) is 0.387. The minimum absolute atomic E-state index is 0.0150. The lowest BCUT2D eigenvalue weighted by Crippen LogP contribution is -2.79. The highest BCUT2D eigenvalue weighted by atomic mass is 16.7. The van der Waals surface area contributed by atoms with Gasteiger partial charge in [0, 0.05) is 35.2 Å². The summed E-state index contributed by atoms with van der Waals surface area (Å²) in [5.74, 6) is -6.45. The normalized spacial score (nSPS) is 51.0. The van der Waals surface area contributed by atoms with Gasteiger partial charge in [0.2, 0.25) is 0 Å². The molecule has 0 aromatic carbocycles. The summed E-state index contributed by atoms with van der Waals surface area (Å²) in [6, 6.07) is 0. The lowest BCUT2D eigenvalue weighted by atomic mass is 9.37. The second-order valence-corrected chi connectivity index (χ2v) is 11.3. The summed E-state index contributed by atoms with van der Waals surface area (Å²) in [5, 5.41) is 34.3. The second kappa shape index (κ2) is 7.22. The fraction of sp³-hybridized carbons (Fsp3) is 0.720. The molecular formula is C25H32O9. The number of carbonyl (C=O) groups is 3. The van der Waals surface area contributed by atoms with E-state index in [1.54, 1.807) is 34.6 Å². The molecule has 2 heterocycles. The third-order valence-electron chi connectivity index (χ3n) is 9.22. The molecule has 2 saturated carbocycles. The van der Waals surface area contributed by atoms with Crippen LogP contribution in [0.5, 0.6) is 0 Å². The van der Waals surface area contributed by atoms with Gasteiger partial charge in [-0.15, -0.1) is 0 Å². The SMILES string of the molecule is CC(C)=CC(=O)O[C@H]1[C@H]2OC(=O)C[C@H]3[C@@H](C)[C@@H](O)[C@]4(O)OCC23[C@H]4[C@@]2(C)[C@H](O)C(=O)C=C(C)[C@H]12. The van der Waals surface area contributed by atoms with Crippen molar-refractivity contribution < 1.29 is 43.9 Å². The topological polar surface area (TPSA) is 140 Å². The fourth-order valence-electron chi connectivity index (χ4n) is 8.18. The Morgan fingerprint density at radius 1 is 1.26 bits per heavy atom. The van der Waals surface area contributed by atoms with Crippen molar-refractivity contribution in [1.29, 1.82) is 0 Å². The lowest BCUT2D eigenvalue weighted by Gasteiger charge is -2.68. The van der Waals surface area contributed by atoms with E-state index in [0.29, 0.717) is 5.57 Å². The maximum atomic E-state index is 12.9. The van der Waals surface area contributed by atoms with E-state index < -0.39 is 82.4 Å². The number of ether oxygens (including phenoxy) is 3. The van der Waals surface area contributed by atoms with E-state index in [1.807, 2.05) is 0 Å². The van der Waals surface area contributed by atoms with Crippen LogP contribution < -0.4 is 0 Å². The summed E-state index contributed by atoms with van der Waals surface area (Å²) in [6.07, 6.45) is -2.26. The molecule has 9 nitrogen and oxygen atoms in total. The molecule has 0 radical (unpaired) electrons. The Morgan fingerprint density at radius 3 is 2.59 bits per heavy atom. The van der Waals surface area contributed by atoms with Crippen molar-refractivity contribution in [2.45, 2.75) is 71.2 Å². The number of carbonyl (C=O) groups excluding carboxylic acids is 3. The van der Waals surface area contributed by atoms with Crippen molar-refractivity contribution in [3.05, 3.63) is 23.3 Å². The van der Waals surface area contributed by atoms with E-state index in [9.17, 15) is 29.7 Å². The van der Waals surface area contributed by atoms with E-state index in [0.717, 1.165) is 5.57 Å². The largest absolute Gasteiger partial charge is 0.458 e.